The highest BCUT2D eigenvalue weighted by molar-refractivity contribution is 8.03. The molecule has 0 aliphatic carbocycles. The molecule has 1 aromatic carbocycles. The largest absolute Gasteiger partial charge is 0.383 e. The van der Waals surface area contributed by atoms with Gasteiger partial charge in [-0.3, -0.25) is 14.4 Å². The molecule has 10 nitrogen and oxygen atoms in total. The molecule has 0 unspecified atom stereocenters. The lowest BCUT2D eigenvalue weighted by Gasteiger charge is -2.41. The summed E-state index contributed by atoms with van der Waals surface area (Å²) in [6.45, 7) is 10.8. The van der Waals surface area contributed by atoms with Crippen LogP contribution in [0.4, 0.5) is 0 Å². The first-order valence-corrected chi connectivity index (χ1v) is 13.4. The van der Waals surface area contributed by atoms with Gasteiger partial charge in [0.2, 0.25) is 0 Å². The minimum atomic E-state index is -0.238. The van der Waals surface area contributed by atoms with E-state index in [9.17, 15) is 4.79 Å². The van der Waals surface area contributed by atoms with Crippen LogP contribution in [-0.4, -0.2) is 72.6 Å². The van der Waals surface area contributed by atoms with Crippen molar-refractivity contribution in [2.75, 3.05) is 33.4 Å². The quantitative estimate of drug-likeness (QED) is 0.307. The Labute approximate surface area is 225 Å². The predicted molar refractivity (Wildman–Crippen MR) is 149 cm³/mol. The lowest BCUT2D eigenvalue weighted by atomic mass is 9.73. The Hall–Kier alpha value is -2.44. The number of halogens is 1. The molecule has 0 amide bonds. The maximum Gasteiger partial charge on any atom is 0.262 e. The van der Waals surface area contributed by atoms with Gasteiger partial charge in [-0.2, -0.15) is 0 Å². The van der Waals surface area contributed by atoms with Crippen molar-refractivity contribution < 1.29 is 9.47 Å². The molecule has 0 saturated carbocycles. The Morgan fingerprint density at radius 2 is 2.14 bits per heavy atom. The van der Waals surface area contributed by atoms with Crippen molar-refractivity contribution in [1.82, 2.24) is 14.5 Å². The number of aromatic nitrogens is 2. The zero-order chi connectivity index (χ0) is 26.7. The monoisotopic (exact) mass is 547 g/mol. The topological polar surface area (TPSA) is 133 Å². The van der Waals surface area contributed by atoms with Crippen molar-refractivity contribution in [2.24, 2.45) is 26.9 Å². The van der Waals surface area contributed by atoms with E-state index in [1.807, 2.05) is 13.8 Å². The number of methoxy groups -OCH3 is 1. The molecule has 2 atom stereocenters. The molecule has 3 heterocycles. The number of hydrogen-bond donors (Lipinski definition) is 2. The zero-order valence-electron chi connectivity index (χ0n) is 21.4. The van der Waals surface area contributed by atoms with Crippen molar-refractivity contribution in [3.8, 4) is 0 Å². The van der Waals surface area contributed by atoms with Crippen LogP contribution in [0.5, 0.6) is 0 Å². The van der Waals surface area contributed by atoms with Gasteiger partial charge in [0, 0.05) is 36.6 Å². The number of hydrogen-bond acceptors (Lipinski definition) is 9. The van der Waals surface area contributed by atoms with Gasteiger partial charge in [0.05, 0.1) is 48.1 Å². The van der Waals surface area contributed by atoms with Crippen molar-refractivity contribution in [1.29, 1.82) is 0 Å². The minimum absolute atomic E-state index is 0.0328. The molecule has 37 heavy (non-hydrogen) atoms. The molecule has 2 aliphatic rings. The van der Waals surface area contributed by atoms with Gasteiger partial charge in [-0.15, -0.1) is 0 Å². The van der Waals surface area contributed by atoms with E-state index >= 15 is 0 Å². The Morgan fingerprint density at radius 3 is 2.76 bits per heavy atom. The fraction of sp³-hybridized carbons (Fsp3) is 0.520. The van der Waals surface area contributed by atoms with Crippen molar-refractivity contribution in [2.45, 2.75) is 50.3 Å². The molecule has 2 aromatic rings. The van der Waals surface area contributed by atoms with Crippen LogP contribution in [0.15, 0.2) is 49.0 Å². The summed E-state index contributed by atoms with van der Waals surface area (Å²) in [7, 11) is 1.58. The number of aliphatic imine (C=N–C) groups is 2. The number of piperidine rings is 1. The maximum atomic E-state index is 13.0. The first kappa shape index (κ1) is 27.6. The van der Waals surface area contributed by atoms with Crippen LogP contribution in [0.25, 0.3) is 10.9 Å². The molecule has 1 spiro atoms. The second-order valence-electron chi connectivity index (χ2n) is 9.51. The predicted octanol–water partition coefficient (Wildman–Crippen LogP) is 2.82. The summed E-state index contributed by atoms with van der Waals surface area (Å²) in [5, 5.41) is 1.02. The molecule has 2 fully saturated rings. The number of rotatable bonds is 7. The summed E-state index contributed by atoms with van der Waals surface area (Å²) in [4.78, 5) is 28.9. The van der Waals surface area contributed by atoms with Crippen LogP contribution in [0.3, 0.4) is 0 Å². The molecular formula is C25H34ClN7O3S. The smallest absolute Gasteiger partial charge is 0.262 e. The third kappa shape index (κ3) is 5.56. The van der Waals surface area contributed by atoms with Crippen LogP contribution < -0.4 is 17.0 Å². The van der Waals surface area contributed by atoms with Crippen LogP contribution in [-0.2, 0) is 16.0 Å². The highest BCUT2D eigenvalue weighted by Gasteiger charge is 2.47. The summed E-state index contributed by atoms with van der Waals surface area (Å²) >= 11 is 7.88. The van der Waals surface area contributed by atoms with E-state index < -0.39 is 0 Å². The SMILES string of the molecule is C=N/C(Sc1ccc2ncn(CCOC)c(=O)c2c1Cl)=C(/N)N=C(C)N1CCC2(CC1)CO[C@@H](C)[C@H]2N. The summed E-state index contributed by atoms with van der Waals surface area (Å²) in [6.07, 6.45) is 3.47. The van der Waals surface area contributed by atoms with E-state index in [2.05, 4.69) is 26.6 Å². The van der Waals surface area contributed by atoms with Gasteiger partial charge in [-0.1, -0.05) is 23.4 Å². The Bertz CT molecular complexity index is 1290. The number of ether oxygens (including phenoxy) is 2. The number of nitrogens with zero attached hydrogens (tertiary/aromatic N) is 5. The molecule has 0 radical (unpaired) electrons. The lowest BCUT2D eigenvalue weighted by molar-refractivity contribution is 0.0838. The number of likely N-dealkylation sites (tertiary alicyclic amines) is 1. The zero-order valence-corrected chi connectivity index (χ0v) is 23.0. The van der Waals surface area contributed by atoms with E-state index in [0.717, 1.165) is 31.8 Å². The normalized spacial score (nSPS) is 22.5. The van der Waals surface area contributed by atoms with Gasteiger partial charge in [0.25, 0.3) is 5.56 Å². The van der Waals surface area contributed by atoms with Crippen molar-refractivity contribution in [3.63, 3.8) is 0 Å². The standard InChI is InChI=1S/C25H34ClN7O3S/c1-15-21(27)25(13-36-15)7-9-32(10-8-25)16(2)31-22(28)23(29-3)37-18-6-5-17-19(20(18)26)24(34)33(14-30-17)11-12-35-4/h5-6,14-15,21H,3,7-13,27-28H2,1-2,4H3/b23-22+,31-16?/t15-,21+/m0/s1. The Kier molecular flexibility index (Phi) is 8.59. The molecule has 4 rings (SSSR count). The summed E-state index contributed by atoms with van der Waals surface area (Å²) in [5.74, 6) is 1.02. The van der Waals surface area contributed by atoms with Gasteiger partial charge in [0.1, 0.15) is 10.9 Å². The van der Waals surface area contributed by atoms with E-state index in [1.54, 1.807) is 19.2 Å². The first-order chi connectivity index (χ1) is 17.7. The highest BCUT2D eigenvalue weighted by atomic mass is 35.5. The maximum absolute atomic E-state index is 13.0. The molecule has 12 heteroatoms. The van der Waals surface area contributed by atoms with Crippen LogP contribution in [0, 0.1) is 5.41 Å². The van der Waals surface area contributed by atoms with E-state index in [-0.39, 0.29) is 34.0 Å². The van der Waals surface area contributed by atoms with Gasteiger partial charge in [0.15, 0.2) is 5.82 Å². The average Bonchev–Trinajstić information content (AvgIpc) is 3.16. The molecular weight excluding hydrogens is 514 g/mol. The summed E-state index contributed by atoms with van der Waals surface area (Å²) in [5.41, 5.74) is 13.1. The lowest BCUT2D eigenvalue weighted by Crippen LogP contribution is -2.51. The van der Waals surface area contributed by atoms with E-state index in [4.69, 9.17) is 32.5 Å². The number of benzene rings is 1. The van der Waals surface area contributed by atoms with Gasteiger partial charge < -0.3 is 25.8 Å². The van der Waals surface area contributed by atoms with Crippen molar-refractivity contribution >= 4 is 46.8 Å². The highest BCUT2D eigenvalue weighted by Crippen LogP contribution is 2.41. The van der Waals surface area contributed by atoms with Gasteiger partial charge in [-0.25, -0.2) is 9.98 Å². The molecule has 2 saturated heterocycles. The molecule has 0 bridgehead atoms. The number of fused-ring (bicyclic) bond motifs is 1. The summed E-state index contributed by atoms with van der Waals surface area (Å²) < 4.78 is 12.4. The number of amidine groups is 1. The average molecular weight is 548 g/mol. The summed E-state index contributed by atoms with van der Waals surface area (Å²) in [6, 6.07) is 3.59. The van der Waals surface area contributed by atoms with Crippen LogP contribution >= 0.6 is 23.4 Å². The molecule has 1 aromatic heterocycles. The van der Waals surface area contributed by atoms with Crippen LogP contribution in [0.1, 0.15) is 26.7 Å². The fourth-order valence-corrected chi connectivity index (χ4v) is 6.03. The fourth-order valence-electron chi connectivity index (χ4n) is 4.92. The third-order valence-corrected chi connectivity index (χ3v) is 8.94. The number of thioether (sulfide) groups is 1. The minimum Gasteiger partial charge on any atom is -0.383 e. The van der Waals surface area contributed by atoms with E-state index in [1.165, 1.54) is 22.7 Å². The van der Waals surface area contributed by atoms with E-state index in [0.29, 0.717) is 40.6 Å². The third-order valence-electron chi connectivity index (χ3n) is 7.35. The first-order valence-electron chi connectivity index (χ1n) is 12.2. The number of nitrogens with two attached hydrogens (primary N) is 2. The molecule has 2 aliphatic heterocycles. The van der Waals surface area contributed by atoms with Crippen molar-refractivity contribution in [3.05, 3.63) is 44.7 Å². The Morgan fingerprint density at radius 1 is 1.41 bits per heavy atom. The second-order valence-corrected chi connectivity index (χ2v) is 10.9. The molecule has 4 N–H and O–H groups in total. The second kappa shape index (κ2) is 11.5. The van der Waals surface area contributed by atoms with Crippen LogP contribution in [0.2, 0.25) is 5.02 Å². The van der Waals surface area contributed by atoms with Gasteiger partial charge in [-0.05, 0) is 45.5 Å². The molecule has 200 valence electrons. The van der Waals surface area contributed by atoms with Gasteiger partial charge >= 0.3 is 0 Å². The Balaban J connectivity index is 1.54.